The summed E-state index contributed by atoms with van der Waals surface area (Å²) in [4.78, 5) is 29.6. The van der Waals surface area contributed by atoms with E-state index in [1.165, 1.54) is 4.90 Å². The highest BCUT2D eigenvalue weighted by Crippen LogP contribution is 2.27. The van der Waals surface area contributed by atoms with E-state index in [1.54, 1.807) is 0 Å². The topological polar surface area (TPSA) is 52.7 Å². The number of thiocarbonyl (C=S) groups is 1. The third-order valence-electron chi connectivity index (χ3n) is 5.32. The van der Waals surface area contributed by atoms with Gasteiger partial charge in [-0.05, 0) is 60.6 Å². The van der Waals surface area contributed by atoms with Crippen LogP contribution in [0.3, 0.4) is 0 Å². The lowest BCUT2D eigenvalue weighted by molar-refractivity contribution is -0.124. The Labute approximate surface area is 201 Å². The molecule has 1 saturated heterocycles. The highest BCUT2D eigenvalue weighted by Gasteiger charge is 2.43. The van der Waals surface area contributed by atoms with Crippen LogP contribution in [-0.2, 0) is 16.0 Å². The summed E-state index contributed by atoms with van der Waals surface area (Å²) in [7, 11) is 0. The van der Waals surface area contributed by atoms with Gasteiger partial charge in [-0.2, -0.15) is 0 Å². The van der Waals surface area contributed by atoms with E-state index in [0.29, 0.717) is 23.0 Å². The van der Waals surface area contributed by atoms with E-state index in [4.69, 9.17) is 12.2 Å². The molecular formula is C25H22BrN3O2S. The Morgan fingerprint density at radius 2 is 1.56 bits per heavy atom. The van der Waals surface area contributed by atoms with Crippen LogP contribution in [-0.4, -0.2) is 34.4 Å². The molecule has 1 fully saturated rings. The third kappa shape index (κ3) is 5.06. The number of nitrogens with zero attached hydrogens (tertiary/aromatic N) is 2. The Kier molecular flexibility index (Phi) is 6.97. The van der Waals surface area contributed by atoms with Crippen LogP contribution < -0.4 is 10.2 Å². The highest BCUT2D eigenvalue weighted by atomic mass is 79.9. The first-order valence-corrected chi connectivity index (χ1v) is 11.5. The minimum atomic E-state index is -0.651. The lowest BCUT2D eigenvalue weighted by Gasteiger charge is -2.24. The lowest BCUT2D eigenvalue weighted by Crippen LogP contribution is -2.39. The van der Waals surface area contributed by atoms with E-state index in [0.717, 1.165) is 16.5 Å². The molecule has 1 aliphatic heterocycles. The molecule has 0 aromatic heterocycles. The van der Waals surface area contributed by atoms with Gasteiger partial charge in [0.25, 0.3) is 5.91 Å². The molecule has 1 heterocycles. The summed E-state index contributed by atoms with van der Waals surface area (Å²) < 4.78 is 0.928. The quantitative estimate of drug-likeness (QED) is 0.456. The maximum Gasteiger partial charge on any atom is 0.256 e. The maximum atomic E-state index is 13.4. The van der Waals surface area contributed by atoms with Crippen molar-refractivity contribution in [1.29, 1.82) is 0 Å². The van der Waals surface area contributed by atoms with Gasteiger partial charge in [0, 0.05) is 16.7 Å². The SMILES string of the molecule is O=C(CC1C(=O)N(c2ccccc2)C(=S)N1CCc1ccccc1)Nc1ccc(Br)cc1. The van der Waals surface area contributed by atoms with Gasteiger partial charge < -0.3 is 10.2 Å². The average Bonchev–Trinajstić information content (AvgIpc) is 3.04. The molecule has 0 bridgehead atoms. The molecule has 1 N–H and O–H groups in total. The van der Waals surface area contributed by atoms with Crippen molar-refractivity contribution in [2.24, 2.45) is 0 Å². The van der Waals surface area contributed by atoms with Gasteiger partial charge in [-0.25, -0.2) is 0 Å². The number of carbonyl (C=O) groups excluding carboxylic acids is 2. The van der Waals surface area contributed by atoms with Gasteiger partial charge in [0.15, 0.2) is 5.11 Å². The van der Waals surface area contributed by atoms with E-state index in [9.17, 15) is 9.59 Å². The average molecular weight is 508 g/mol. The van der Waals surface area contributed by atoms with Crippen LogP contribution in [0, 0.1) is 0 Å². The van der Waals surface area contributed by atoms with Crippen LogP contribution >= 0.6 is 28.1 Å². The van der Waals surface area contributed by atoms with E-state index in [2.05, 4.69) is 21.2 Å². The van der Waals surface area contributed by atoms with E-state index < -0.39 is 6.04 Å². The zero-order valence-electron chi connectivity index (χ0n) is 17.3. The number of para-hydroxylation sites is 1. The molecule has 0 saturated carbocycles. The molecule has 162 valence electrons. The number of hydrogen-bond donors (Lipinski definition) is 1. The standard InChI is InChI=1S/C25H22BrN3O2S/c26-19-11-13-20(14-12-19)27-23(30)17-22-24(31)29(21-9-5-2-6-10-21)25(32)28(22)16-15-18-7-3-1-4-8-18/h1-14,22H,15-17H2,(H,27,30). The Morgan fingerprint density at radius 3 is 2.22 bits per heavy atom. The predicted molar refractivity (Wildman–Crippen MR) is 135 cm³/mol. The van der Waals surface area contributed by atoms with Gasteiger partial charge in [-0.3, -0.25) is 14.5 Å². The van der Waals surface area contributed by atoms with E-state index >= 15 is 0 Å². The van der Waals surface area contributed by atoms with Crippen molar-refractivity contribution in [2.45, 2.75) is 18.9 Å². The first kappa shape index (κ1) is 22.2. The van der Waals surface area contributed by atoms with Crippen molar-refractivity contribution in [3.8, 4) is 0 Å². The number of benzene rings is 3. The molecule has 1 atom stereocenters. The van der Waals surface area contributed by atoms with Crippen molar-refractivity contribution in [3.63, 3.8) is 0 Å². The molecule has 0 radical (unpaired) electrons. The second-order valence-electron chi connectivity index (χ2n) is 7.50. The number of hydrogen-bond acceptors (Lipinski definition) is 3. The molecule has 1 unspecified atom stereocenters. The fourth-order valence-electron chi connectivity index (χ4n) is 3.72. The largest absolute Gasteiger partial charge is 0.336 e. The van der Waals surface area contributed by atoms with Crippen molar-refractivity contribution in [3.05, 3.63) is 95.0 Å². The third-order valence-corrected chi connectivity index (χ3v) is 6.27. The van der Waals surface area contributed by atoms with Gasteiger partial charge in [0.2, 0.25) is 5.91 Å². The molecule has 4 rings (SSSR count). The Hall–Kier alpha value is -3.03. The molecule has 5 nitrogen and oxygen atoms in total. The van der Waals surface area contributed by atoms with Crippen LogP contribution in [0.1, 0.15) is 12.0 Å². The Balaban J connectivity index is 1.54. The first-order chi connectivity index (χ1) is 15.5. The number of nitrogens with one attached hydrogen (secondary N) is 1. The summed E-state index contributed by atoms with van der Waals surface area (Å²) >= 11 is 9.09. The van der Waals surface area contributed by atoms with Gasteiger partial charge in [-0.1, -0.05) is 64.5 Å². The molecule has 0 spiro atoms. The van der Waals surface area contributed by atoms with Crippen LogP contribution in [0.5, 0.6) is 0 Å². The molecule has 32 heavy (non-hydrogen) atoms. The smallest absolute Gasteiger partial charge is 0.256 e. The lowest BCUT2D eigenvalue weighted by atomic mass is 10.1. The summed E-state index contributed by atoms with van der Waals surface area (Å²) in [6.45, 7) is 0.550. The maximum absolute atomic E-state index is 13.4. The van der Waals surface area contributed by atoms with Crippen LogP contribution in [0.4, 0.5) is 11.4 Å². The number of anilines is 2. The van der Waals surface area contributed by atoms with Gasteiger partial charge in [-0.15, -0.1) is 0 Å². The van der Waals surface area contributed by atoms with Gasteiger partial charge >= 0.3 is 0 Å². The molecule has 7 heteroatoms. The minimum absolute atomic E-state index is 0.0210. The predicted octanol–water partition coefficient (Wildman–Crippen LogP) is 5.02. The van der Waals surface area contributed by atoms with E-state index in [1.807, 2.05) is 89.8 Å². The number of carbonyl (C=O) groups is 2. The Morgan fingerprint density at radius 1 is 0.938 bits per heavy atom. The zero-order chi connectivity index (χ0) is 22.5. The number of rotatable bonds is 7. The van der Waals surface area contributed by atoms with Gasteiger partial charge in [0.1, 0.15) is 6.04 Å². The minimum Gasteiger partial charge on any atom is -0.336 e. The Bertz CT molecular complexity index is 1110. The van der Waals surface area contributed by atoms with Crippen LogP contribution in [0.25, 0.3) is 0 Å². The van der Waals surface area contributed by atoms with Crippen molar-refractivity contribution in [1.82, 2.24) is 4.90 Å². The molecule has 2 amide bonds. The second kappa shape index (κ2) is 10.1. The fourth-order valence-corrected chi connectivity index (χ4v) is 4.40. The first-order valence-electron chi connectivity index (χ1n) is 10.3. The second-order valence-corrected chi connectivity index (χ2v) is 8.78. The zero-order valence-corrected chi connectivity index (χ0v) is 19.7. The molecule has 3 aromatic carbocycles. The molecule has 1 aliphatic rings. The monoisotopic (exact) mass is 507 g/mol. The highest BCUT2D eigenvalue weighted by molar-refractivity contribution is 9.10. The van der Waals surface area contributed by atoms with Crippen molar-refractivity contribution >= 4 is 56.4 Å². The fraction of sp³-hybridized carbons (Fsp3) is 0.160. The number of amides is 2. The molecule has 3 aromatic rings. The van der Waals surface area contributed by atoms with Gasteiger partial charge in [0.05, 0.1) is 12.1 Å². The van der Waals surface area contributed by atoms with Crippen LogP contribution in [0.2, 0.25) is 0 Å². The summed E-state index contributed by atoms with van der Waals surface area (Å²) in [6.07, 6.45) is 0.745. The van der Waals surface area contributed by atoms with Crippen molar-refractivity contribution < 1.29 is 9.59 Å². The molecular weight excluding hydrogens is 486 g/mol. The van der Waals surface area contributed by atoms with E-state index in [-0.39, 0.29) is 18.2 Å². The summed E-state index contributed by atoms with van der Waals surface area (Å²) in [5, 5.41) is 3.31. The van der Waals surface area contributed by atoms with Crippen LogP contribution in [0.15, 0.2) is 89.4 Å². The number of halogens is 1. The normalized spacial score (nSPS) is 15.8. The summed E-state index contributed by atoms with van der Waals surface area (Å²) in [5.74, 6) is -0.409. The summed E-state index contributed by atoms with van der Waals surface area (Å²) in [5.41, 5.74) is 2.55. The summed E-state index contributed by atoms with van der Waals surface area (Å²) in [6, 6.07) is 26.1. The molecule has 0 aliphatic carbocycles. The van der Waals surface area contributed by atoms with Crippen molar-refractivity contribution in [2.75, 3.05) is 16.8 Å².